The number of nitrogens with one attached hydrogen (secondary N) is 1. The van der Waals surface area contributed by atoms with Crippen LogP contribution in [0.3, 0.4) is 0 Å². The van der Waals surface area contributed by atoms with Gasteiger partial charge >= 0.3 is 0 Å². The van der Waals surface area contributed by atoms with Crippen molar-refractivity contribution in [2.75, 3.05) is 0 Å². The number of aromatic nitrogens is 4. The minimum Gasteiger partial charge on any atom is -0.300 e. The van der Waals surface area contributed by atoms with E-state index in [-0.39, 0.29) is 0 Å². The van der Waals surface area contributed by atoms with Crippen molar-refractivity contribution in [2.24, 2.45) is 0 Å². The fourth-order valence-corrected chi connectivity index (χ4v) is 3.33. The molecule has 1 N–H and O–H groups in total. The van der Waals surface area contributed by atoms with Crippen molar-refractivity contribution in [3.05, 3.63) is 64.4 Å². The Kier molecular flexibility index (Phi) is 4.11. The number of para-hydroxylation sites is 1. The van der Waals surface area contributed by atoms with Crippen molar-refractivity contribution < 1.29 is 0 Å². The Morgan fingerprint density at radius 2 is 1.88 bits per heavy atom. The summed E-state index contributed by atoms with van der Waals surface area (Å²) in [5.41, 5.74) is 3.81. The van der Waals surface area contributed by atoms with Crippen LogP contribution in [0.15, 0.2) is 54.6 Å². The second-order valence-corrected chi connectivity index (χ2v) is 6.50. The molecule has 124 valence electrons. The maximum absolute atomic E-state index is 6.01. The Morgan fingerprint density at radius 1 is 1.12 bits per heavy atom. The van der Waals surface area contributed by atoms with E-state index in [2.05, 4.69) is 29.3 Å². The number of hydrogen-bond acceptors (Lipinski definition) is 3. The fraction of sp³-hybridized carbons (Fsp3) is 0.105. The molecule has 0 aliphatic carbocycles. The minimum atomic E-state index is 0.617. The minimum absolute atomic E-state index is 0.617. The smallest absolute Gasteiger partial charge is 0.195 e. The van der Waals surface area contributed by atoms with Crippen molar-refractivity contribution in [2.45, 2.75) is 13.5 Å². The lowest BCUT2D eigenvalue weighted by molar-refractivity contribution is 0.756. The summed E-state index contributed by atoms with van der Waals surface area (Å²) < 4.78 is 2.61. The van der Waals surface area contributed by atoms with Crippen LogP contribution in [0.2, 0.25) is 5.02 Å². The van der Waals surface area contributed by atoms with E-state index in [0.717, 1.165) is 40.1 Å². The van der Waals surface area contributed by atoms with Crippen LogP contribution in [0, 0.1) is 4.77 Å². The number of pyridine rings is 1. The number of hydrogen-bond donors (Lipinski definition) is 1. The molecular weight excluding hydrogens is 352 g/mol. The first-order valence-electron chi connectivity index (χ1n) is 7.98. The second-order valence-electron chi connectivity index (χ2n) is 5.68. The highest BCUT2D eigenvalue weighted by Crippen LogP contribution is 2.31. The summed E-state index contributed by atoms with van der Waals surface area (Å²) in [5.74, 6) is 0.821. The van der Waals surface area contributed by atoms with Gasteiger partial charge in [0.2, 0.25) is 0 Å². The molecule has 0 aliphatic rings. The lowest BCUT2D eigenvalue weighted by Crippen LogP contribution is -1.99. The molecule has 25 heavy (non-hydrogen) atoms. The summed E-state index contributed by atoms with van der Waals surface area (Å²) in [6.07, 6.45) is 0. The van der Waals surface area contributed by atoms with E-state index >= 15 is 0 Å². The van der Waals surface area contributed by atoms with Gasteiger partial charge in [-0.15, -0.1) is 0 Å². The average Bonchev–Trinajstić information content (AvgIpc) is 3.02. The number of benzene rings is 2. The van der Waals surface area contributed by atoms with Gasteiger partial charge in [-0.05, 0) is 43.4 Å². The number of rotatable bonds is 3. The molecule has 0 aliphatic heterocycles. The van der Waals surface area contributed by atoms with Gasteiger partial charge in [-0.2, -0.15) is 5.10 Å². The maximum atomic E-state index is 6.01. The number of aromatic amines is 1. The zero-order valence-electron chi connectivity index (χ0n) is 13.5. The van der Waals surface area contributed by atoms with E-state index in [1.54, 1.807) is 0 Å². The molecular formula is C19H15ClN4S. The van der Waals surface area contributed by atoms with Crippen LogP contribution in [0.25, 0.3) is 33.5 Å². The molecule has 0 radical (unpaired) electrons. The van der Waals surface area contributed by atoms with Gasteiger partial charge in [0, 0.05) is 28.1 Å². The molecule has 6 heteroatoms. The summed E-state index contributed by atoms with van der Waals surface area (Å²) >= 11 is 11.4. The Labute approximate surface area is 155 Å². The Bertz CT molecular complexity index is 1110. The summed E-state index contributed by atoms with van der Waals surface area (Å²) in [6, 6.07) is 17.8. The standard InChI is InChI=1S/C19H15ClN4S/c1-2-24-18(22-23-19(24)25)15-11-17(12-7-9-13(20)10-8-12)21-16-6-4-3-5-14(15)16/h3-11H,2H2,1H3,(H,23,25). The molecule has 0 spiro atoms. The van der Waals surface area contributed by atoms with Gasteiger partial charge in [0.15, 0.2) is 10.6 Å². The molecule has 4 nitrogen and oxygen atoms in total. The number of nitrogens with zero attached hydrogens (tertiary/aromatic N) is 3. The third-order valence-electron chi connectivity index (χ3n) is 4.17. The van der Waals surface area contributed by atoms with Crippen LogP contribution in [0.4, 0.5) is 0 Å². The molecule has 2 heterocycles. The van der Waals surface area contributed by atoms with Crippen molar-refractivity contribution in [3.63, 3.8) is 0 Å². The highest BCUT2D eigenvalue weighted by Gasteiger charge is 2.14. The topological polar surface area (TPSA) is 46.5 Å². The van der Waals surface area contributed by atoms with Crippen LogP contribution in [0.5, 0.6) is 0 Å². The van der Waals surface area contributed by atoms with E-state index in [1.807, 2.05) is 47.0 Å². The molecule has 0 bridgehead atoms. The fourth-order valence-electron chi connectivity index (χ4n) is 2.95. The lowest BCUT2D eigenvalue weighted by Gasteiger charge is -2.10. The average molecular weight is 367 g/mol. The molecule has 0 atom stereocenters. The predicted molar refractivity (Wildman–Crippen MR) is 104 cm³/mol. The monoisotopic (exact) mass is 366 g/mol. The first kappa shape index (κ1) is 16.0. The Morgan fingerprint density at radius 3 is 2.64 bits per heavy atom. The Balaban J connectivity index is 2.02. The number of fused-ring (bicyclic) bond motifs is 1. The molecule has 4 rings (SSSR count). The number of halogens is 1. The van der Waals surface area contributed by atoms with Gasteiger partial charge in [0.05, 0.1) is 11.2 Å². The van der Waals surface area contributed by atoms with Crippen molar-refractivity contribution >= 4 is 34.7 Å². The maximum Gasteiger partial charge on any atom is 0.195 e. The van der Waals surface area contributed by atoms with E-state index in [1.165, 1.54) is 0 Å². The normalized spacial score (nSPS) is 11.1. The van der Waals surface area contributed by atoms with Gasteiger partial charge in [0.25, 0.3) is 0 Å². The summed E-state index contributed by atoms with van der Waals surface area (Å²) in [5, 5.41) is 9.10. The first-order valence-corrected chi connectivity index (χ1v) is 8.77. The molecule has 4 aromatic rings. The van der Waals surface area contributed by atoms with Crippen molar-refractivity contribution in [1.29, 1.82) is 0 Å². The first-order chi connectivity index (χ1) is 12.2. The second kappa shape index (κ2) is 6.43. The third kappa shape index (κ3) is 2.86. The van der Waals surface area contributed by atoms with E-state index in [9.17, 15) is 0 Å². The largest absolute Gasteiger partial charge is 0.300 e. The zero-order valence-corrected chi connectivity index (χ0v) is 15.1. The Hall–Kier alpha value is -2.50. The van der Waals surface area contributed by atoms with Gasteiger partial charge in [-0.1, -0.05) is 41.9 Å². The lowest BCUT2D eigenvalue weighted by atomic mass is 10.0. The van der Waals surface area contributed by atoms with Crippen LogP contribution < -0.4 is 0 Å². The highest BCUT2D eigenvalue weighted by atomic mass is 35.5. The van der Waals surface area contributed by atoms with Crippen LogP contribution in [-0.2, 0) is 6.54 Å². The van der Waals surface area contributed by atoms with Crippen LogP contribution in [0.1, 0.15) is 6.92 Å². The quantitative estimate of drug-likeness (QED) is 0.487. The van der Waals surface area contributed by atoms with E-state index < -0.39 is 0 Å². The van der Waals surface area contributed by atoms with E-state index in [4.69, 9.17) is 28.8 Å². The predicted octanol–water partition coefficient (Wildman–Crippen LogP) is 5.50. The summed E-state index contributed by atoms with van der Waals surface area (Å²) in [6.45, 7) is 2.80. The van der Waals surface area contributed by atoms with E-state index in [0.29, 0.717) is 9.79 Å². The molecule has 2 aromatic heterocycles. The van der Waals surface area contributed by atoms with Gasteiger partial charge < -0.3 is 4.57 Å². The SMILES string of the molecule is CCn1c(-c2cc(-c3ccc(Cl)cc3)nc3ccccc23)n[nH]c1=S. The van der Waals surface area contributed by atoms with Crippen molar-refractivity contribution in [3.8, 4) is 22.6 Å². The molecule has 0 fully saturated rings. The molecule has 2 aromatic carbocycles. The summed E-state index contributed by atoms with van der Waals surface area (Å²) in [7, 11) is 0. The molecule has 0 unspecified atom stereocenters. The van der Waals surface area contributed by atoms with Gasteiger partial charge in [-0.3, -0.25) is 5.10 Å². The summed E-state index contributed by atoms with van der Waals surface area (Å²) in [4.78, 5) is 4.81. The third-order valence-corrected chi connectivity index (χ3v) is 4.74. The molecule has 0 amide bonds. The van der Waals surface area contributed by atoms with Gasteiger partial charge in [-0.25, -0.2) is 4.98 Å². The molecule has 0 saturated heterocycles. The van der Waals surface area contributed by atoms with Crippen LogP contribution >= 0.6 is 23.8 Å². The zero-order chi connectivity index (χ0) is 17.4. The molecule has 0 saturated carbocycles. The number of H-pyrrole nitrogens is 1. The van der Waals surface area contributed by atoms with Crippen molar-refractivity contribution in [1.82, 2.24) is 19.7 Å². The van der Waals surface area contributed by atoms with Gasteiger partial charge in [0.1, 0.15) is 0 Å². The highest BCUT2D eigenvalue weighted by molar-refractivity contribution is 7.71. The van der Waals surface area contributed by atoms with Crippen LogP contribution in [-0.4, -0.2) is 19.7 Å².